The monoisotopic (exact) mass is 271 g/mol. The fourth-order valence-electron chi connectivity index (χ4n) is 2.00. The van der Waals surface area contributed by atoms with E-state index in [-0.39, 0.29) is 12.5 Å². The molecular formula is C14H13N3O3. The SMILES string of the molecule is O=C(NC(CO)c1ccco1)c1ccn2cncc2c1. The molecule has 0 bridgehead atoms. The number of imidazole rings is 1. The number of pyridine rings is 1. The quantitative estimate of drug-likeness (QED) is 0.751. The van der Waals surface area contributed by atoms with E-state index in [2.05, 4.69) is 10.3 Å². The summed E-state index contributed by atoms with van der Waals surface area (Å²) in [6, 6.07) is 6.29. The molecule has 6 nitrogen and oxygen atoms in total. The predicted octanol–water partition coefficient (Wildman–Crippen LogP) is 1.39. The fraction of sp³-hybridized carbons (Fsp3) is 0.143. The Bertz CT molecular complexity index is 718. The molecule has 20 heavy (non-hydrogen) atoms. The van der Waals surface area contributed by atoms with Crippen LogP contribution in [0.25, 0.3) is 5.52 Å². The maximum Gasteiger partial charge on any atom is 0.252 e. The van der Waals surface area contributed by atoms with Gasteiger partial charge in [0, 0.05) is 11.8 Å². The second-order valence-corrected chi connectivity index (χ2v) is 4.37. The lowest BCUT2D eigenvalue weighted by atomic mass is 10.2. The number of amides is 1. The number of aliphatic hydroxyl groups is 1. The third kappa shape index (κ3) is 2.28. The lowest BCUT2D eigenvalue weighted by Gasteiger charge is -2.14. The lowest BCUT2D eigenvalue weighted by Crippen LogP contribution is -2.30. The number of hydrogen-bond donors (Lipinski definition) is 2. The molecule has 0 saturated carbocycles. The lowest BCUT2D eigenvalue weighted by molar-refractivity contribution is 0.0907. The van der Waals surface area contributed by atoms with Crippen LogP contribution >= 0.6 is 0 Å². The highest BCUT2D eigenvalue weighted by atomic mass is 16.3. The molecule has 3 aromatic rings. The molecule has 102 valence electrons. The number of furan rings is 1. The Morgan fingerprint density at radius 2 is 2.40 bits per heavy atom. The zero-order chi connectivity index (χ0) is 13.9. The van der Waals surface area contributed by atoms with E-state index in [1.54, 1.807) is 43.0 Å². The van der Waals surface area contributed by atoms with Gasteiger partial charge in [-0.2, -0.15) is 0 Å². The van der Waals surface area contributed by atoms with Crippen molar-refractivity contribution in [1.29, 1.82) is 0 Å². The highest BCUT2D eigenvalue weighted by molar-refractivity contribution is 5.95. The van der Waals surface area contributed by atoms with Gasteiger partial charge >= 0.3 is 0 Å². The van der Waals surface area contributed by atoms with E-state index in [0.29, 0.717) is 11.3 Å². The largest absolute Gasteiger partial charge is 0.467 e. The smallest absolute Gasteiger partial charge is 0.252 e. The molecule has 3 aromatic heterocycles. The number of fused-ring (bicyclic) bond motifs is 1. The van der Waals surface area contributed by atoms with Crippen molar-refractivity contribution in [2.45, 2.75) is 6.04 Å². The van der Waals surface area contributed by atoms with Crippen molar-refractivity contribution < 1.29 is 14.3 Å². The molecule has 1 unspecified atom stereocenters. The van der Waals surface area contributed by atoms with Crippen LogP contribution in [0, 0.1) is 0 Å². The third-order valence-electron chi connectivity index (χ3n) is 3.05. The van der Waals surface area contributed by atoms with Crippen LogP contribution < -0.4 is 5.32 Å². The van der Waals surface area contributed by atoms with Crippen molar-refractivity contribution in [2.75, 3.05) is 6.61 Å². The van der Waals surface area contributed by atoms with Gasteiger partial charge < -0.3 is 19.2 Å². The van der Waals surface area contributed by atoms with Crippen molar-refractivity contribution >= 4 is 11.4 Å². The van der Waals surface area contributed by atoms with E-state index in [1.165, 1.54) is 6.26 Å². The molecule has 0 fully saturated rings. The van der Waals surface area contributed by atoms with Gasteiger partial charge in [-0.05, 0) is 24.3 Å². The zero-order valence-electron chi connectivity index (χ0n) is 10.6. The van der Waals surface area contributed by atoms with Crippen LogP contribution in [0.1, 0.15) is 22.2 Å². The normalized spacial score (nSPS) is 12.4. The van der Waals surface area contributed by atoms with Gasteiger partial charge in [0.25, 0.3) is 5.91 Å². The summed E-state index contributed by atoms with van der Waals surface area (Å²) in [5.41, 5.74) is 1.33. The molecule has 1 amide bonds. The number of aromatic nitrogens is 2. The molecule has 2 N–H and O–H groups in total. The van der Waals surface area contributed by atoms with E-state index in [4.69, 9.17) is 4.42 Å². The number of hydrogen-bond acceptors (Lipinski definition) is 4. The average Bonchev–Trinajstić information content (AvgIpc) is 3.14. The summed E-state index contributed by atoms with van der Waals surface area (Å²) in [7, 11) is 0. The molecule has 0 radical (unpaired) electrons. The molecule has 0 aromatic carbocycles. The van der Waals surface area contributed by atoms with Crippen LogP contribution in [0.4, 0.5) is 0 Å². The topological polar surface area (TPSA) is 79.8 Å². The first-order valence-corrected chi connectivity index (χ1v) is 6.15. The first kappa shape index (κ1) is 12.4. The Morgan fingerprint density at radius 3 is 3.15 bits per heavy atom. The maximum atomic E-state index is 12.2. The highest BCUT2D eigenvalue weighted by Gasteiger charge is 2.17. The van der Waals surface area contributed by atoms with E-state index in [9.17, 15) is 9.90 Å². The van der Waals surface area contributed by atoms with Crippen molar-refractivity contribution in [3.05, 3.63) is 60.6 Å². The van der Waals surface area contributed by atoms with Crippen LogP contribution in [0.2, 0.25) is 0 Å². The van der Waals surface area contributed by atoms with E-state index in [0.717, 1.165) is 5.52 Å². The molecule has 0 spiro atoms. The standard InChI is InChI=1S/C14H13N3O3/c18-8-12(13-2-1-5-20-13)16-14(19)10-3-4-17-9-15-7-11(17)6-10/h1-7,9,12,18H,8H2,(H,16,19). The second kappa shape index (κ2) is 5.18. The second-order valence-electron chi connectivity index (χ2n) is 4.37. The number of nitrogens with zero attached hydrogens (tertiary/aromatic N) is 2. The van der Waals surface area contributed by atoms with Gasteiger partial charge in [0.15, 0.2) is 0 Å². The summed E-state index contributed by atoms with van der Waals surface area (Å²) in [5.74, 6) is 0.246. The molecule has 6 heteroatoms. The molecular weight excluding hydrogens is 258 g/mol. The minimum Gasteiger partial charge on any atom is -0.467 e. The van der Waals surface area contributed by atoms with Crippen LogP contribution in [-0.4, -0.2) is 27.0 Å². The first-order chi connectivity index (χ1) is 9.78. The van der Waals surface area contributed by atoms with Gasteiger partial charge in [0.2, 0.25) is 0 Å². The van der Waals surface area contributed by atoms with Crippen molar-refractivity contribution in [1.82, 2.24) is 14.7 Å². The number of aliphatic hydroxyl groups excluding tert-OH is 1. The van der Waals surface area contributed by atoms with Gasteiger partial charge in [-0.1, -0.05) is 0 Å². The predicted molar refractivity (Wildman–Crippen MR) is 71.2 cm³/mol. The number of rotatable bonds is 4. The summed E-state index contributed by atoms with van der Waals surface area (Å²) in [4.78, 5) is 16.2. The van der Waals surface area contributed by atoms with Crippen LogP contribution in [0.15, 0.2) is 53.7 Å². The Balaban J connectivity index is 1.81. The average molecular weight is 271 g/mol. The van der Waals surface area contributed by atoms with E-state index < -0.39 is 6.04 Å². The Kier molecular flexibility index (Phi) is 3.22. The molecule has 1 atom stereocenters. The molecule has 3 heterocycles. The van der Waals surface area contributed by atoms with Gasteiger partial charge in [-0.3, -0.25) is 4.79 Å². The zero-order valence-corrected chi connectivity index (χ0v) is 10.6. The van der Waals surface area contributed by atoms with Gasteiger partial charge in [-0.25, -0.2) is 4.98 Å². The highest BCUT2D eigenvalue weighted by Crippen LogP contribution is 2.14. The summed E-state index contributed by atoms with van der Waals surface area (Å²) in [6.45, 7) is -0.228. The fourth-order valence-corrected chi connectivity index (χ4v) is 2.00. The molecule has 0 saturated heterocycles. The Hall–Kier alpha value is -2.60. The van der Waals surface area contributed by atoms with Crippen LogP contribution in [0.5, 0.6) is 0 Å². The van der Waals surface area contributed by atoms with Gasteiger partial charge in [-0.15, -0.1) is 0 Å². The van der Waals surface area contributed by atoms with Gasteiger partial charge in [0.1, 0.15) is 11.8 Å². The number of carbonyl (C=O) groups excluding carboxylic acids is 1. The minimum atomic E-state index is -0.557. The summed E-state index contributed by atoms with van der Waals surface area (Å²) < 4.78 is 7.00. The van der Waals surface area contributed by atoms with Crippen molar-refractivity contribution in [3.63, 3.8) is 0 Å². The Morgan fingerprint density at radius 1 is 1.50 bits per heavy atom. The van der Waals surface area contributed by atoms with E-state index >= 15 is 0 Å². The van der Waals surface area contributed by atoms with Crippen molar-refractivity contribution in [2.24, 2.45) is 0 Å². The molecule has 0 aliphatic rings. The molecule has 3 rings (SSSR count). The van der Waals surface area contributed by atoms with Crippen LogP contribution in [-0.2, 0) is 0 Å². The summed E-state index contributed by atoms with van der Waals surface area (Å²) in [6.07, 6.45) is 6.60. The number of carbonyl (C=O) groups is 1. The summed E-state index contributed by atoms with van der Waals surface area (Å²) in [5, 5.41) is 12.1. The minimum absolute atomic E-state index is 0.228. The molecule has 0 aliphatic heterocycles. The summed E-state index contributed by atoms with van der Waals surface area (Å²) >= 11 is 0. The number of nitrogens with one attached hydrogen (secondary N) is 1. The Labute approximate surface area is 114 Å². The molecule has 0 aliphatic carbocycles. The first-order valence-electron chi connectivity index (χ1n) is 6.15. The van der Waals surface area contributed by atoms with Crippen LogP contribution in [0.3, 0.4) is 0 Å². The van der Waals surface area contributed by atoms with Gasteiger partial charge in [0.05, 0.1) is 30.9 Å². The maximum absolute atomic E-state index is 12.2. The van der Waals surface area contributed by atoms with E-state index in [1.807, 2.05) is 4.40 Å². The van der Waals surface area contributed by atoms with Crippen molar-refractivity contribution in [3.8, 4) is 0 Å². The third-order valence-corrected chi connectivity index (χ3v) is 3.05.